The van der Waals surface area contributed by atoms with Gasteiger partial charge in [-0.2, -0.15) is 0 Å². The molecular formula is C13H17NO4. The highest BCUT2D eigenvalue weighted by Gasteiger charge is 2.13. The van der Waals surface area contributed by atoms with Crippen LogP contribution in [0.1, 0.15) is 34.1 Å². The van der Waals surface area contributed by atoms with E-state index in [4.69, 9.17) is 5.11 Å². The second-order valence-corrected chi connectivity index (χ2v) is 3.83. The van der Waals surface area contributed by atoms with Crippen molar-refractivity contribution in [1.82, 2.24) is 5.32 Å². The molecule has 98 valence electrons. The first-order valence-electron chi connectivity index (χ1n) is 5.72. The highest BCUT2D eigenvalue weighted by atomic mass is 16.5. The smallest absolute Gasteiger partial charge is 0.337 e. The molecule has 0 saturated carbocycles. The van der Waals surface area contributed by atoms with Gasteiger partial charge in [-0.1, -0.05) is 13.0 Å². The predicted molar refractivity (Wildman–Crippen MR) is 66.4 cm³/mol. The van der Waals surface area contributed by atoms with E-state index >= 15 is 0 Å². The first kappa shape index (κ1) is 14.2. The highest BCUT2D eigenvalue weighted by molar-refractivity contribution is 5.98. The van der Waals surface area contributed by atoms with E-state index in [2.05, 4.69) is 10.1 Å². The summed E-state index contributed by atoms with van der Waals surface area (Å²) in [6, 6.07) is 5.98. The van der Waals surface area contributed by atoms with Crippen molar-refractivity contribution in [3.8, 4) is 0 Å². The topological polar surface area (TPSA) is 75.6 Å². The fourth-order valence-electron chi connectivity index (χ4n) is 1.45. The van der Waals surface area contributed by atoms with Gasteiger partial charge in [-0.15, -0.1) is 0 Å². The van der Waals surface area contributed by atoms with Gasteiger partial charge in [0.05, 0.1) is 25.3 Å². The van der Waals surface area contributed by atoms with Crippen molar-refractivity contribution >= 4 is 11.9 Å². The molecule has 1 atom stereocenters. The quantitative estimate of drug-likeness (QED) is 0.765. The molecule has 5 nitrogen and oxygen atoms in total. The summed E-state index contributed by atoms with van der Waals surface area (Å²) in [5.41, 5.74) is 0.687. The first-order chi connectivity index (χ1) is 8.62. The van der Waals surface area contributed by atoms with Crippen molar-refractivity contribution in [3.63, 3.8) is 0 Å². The number of aliphatic hydroxyl groups is 1. The predicted octanol–water partition coefficient (Wildman–Crippen LogP) is 0.974. The number of rotatable bonds is 5. The molecule has 0 saturated heterocycles. The largest absolute Gasteiger partial charge is 0.465 e. The van der Waals surface area contributed by atoms with Gasteiger partial charge >= 0.3 is 5.97 Å². The molecule has 1 aromatic carbocycles. The summed E-state index contributed by atoms with van der Waals surface area (Å²) in [6.07, 6.45) is 0.638. The molecule has 0 bridgehead atoms. The standard InChI is InChI=1S/C13H17NO4/c1-3-11(8-15)14-12(16)9-5-4-6-10(7-9)13(17)18-2/h4-7,11,15H,3,8H2,1-2H3,(H,14,16). The van der Waals surface area contributed by atoms with Gasteiger partial charge in [-0.25, -0.2) is 4.79 Å². The molecule has 0 radical (unpaired) electrons. The van der Waals surface area contributed by atoms with Crippen LogP contribution in [0.15, 0.2) is 24.3 Å². The Morgan fingerprint density at radius 2 is 2.06 bits per heavy atom. The number of nitrogens with one attached hydrogen (secondary N) is 1. The van der Waals surface area contributed by atoms with Crippen molar-refractivity contribution in [2.24, 2.45) is 0 Å². The summed E-state index contributed by atoms with van der Waals surface area (Å²) in [7, 11) is 1.29. The maximum Gasteiger partial charge on any atom is 0.337 e. The maximum atomic E-state index is 11.9. The Kier molecular flexibility index (Phi) is 5.32. The third kappa shape index (κ3) is 3.56. The number of aliphatic hydroxyl groups excluding tert-OH is 1. The van der Waals surface area contributed by atoms with E-state index in [0.717, 1.165) is 0 Å². The van der Waals surface area contributed by atoms with E-state index in [0.29, 0.717) is 17.5 Å². The highest BCUT2D eigenvalue weighted by Crippen LogP contribution is 2.07. The fraction of sp³-hybridized carbons (Fsp3) is 0.385. The number of methoxy groups -OCH3 is 1. The Bertz CT molecular complexity index is 427. The molecule has 0 aromatic heterocycles. The van der Waals surface area contributed by atoms with Gasteiger partial charge in [0.2, 0.25) is 0 Å². The van der Waals surface area contributed by atoms with E-state index in [9.17, 15) is 9.59 Å². The number of hydrogen-bond acceptors (Lipinski definition) is 4. The molecule has 5 heteroatoms. The Morgan fingerprint density at radius 1 is 1.39 bits per heavy atom. The Balaban J connectivity index is 2.83. The molecule has 18 heavy (non-hydrogen) atoms. The third-order valence-electron chi connectivity index (χ3n) is 2.59. The monoisotopic (exact) mass is 251 g/mol. The second kappa shape index (κ2) is 6.76. The van der Waals surface area contributed by atoms with Crippen molar-refractivity contribution in [2.75, 3.05) is 13.7 Å². The third-order valence-corrected chi connectivity index (χ3v) is 2.59. The van der Waals surface area contributed by atoms with Crippen molar-refractivity contribution in [2.45, 2.75) is 19.4 Å². The lowest BCUT2D eigenvalue weighted by Crippen LogP contribution is -2.36. The van der Waals surface area contributed by atoms with Crippen LogP contribution < -0.4 is 5.32 Å². The molecule has 0 heterocycles. The maximum absolute atomic E-state index is 11.9. The minimum atomic E-state index is -0.487. The number of benzene rings is 1. The fourth-order valence-corrected chi connectivity index (χ4v) is 1.45. The number of hydrogen-bond donors (Lipinski definition) is 2. The first-order valence-corrected chi connectivity index (χ1v) is 5.72. The molecule has 0 spiro atoms. The molecular weight excluding hydrogens is 234 g/mol. The molecule has 2 N–H and O–H groups in total. The zero-order valence-electron chi connectivity index (χ0n) is 10.5. The average Bonchev–Trinajstić information content (AvgIpc) is 2.43. The van der Waals surface area contributed by atoms with E-state index in [1.807, 2.05) is 6.92 Å². The number of carbonyl (C=O) groups excluding carboxylic acids is 2. The van der Waals surface area contributed by atoms with Crippen LogP contribution in [-0.4, -0.2) is 36.7 Å². The van der Waals surface area contributed by atoms with Gasteiger partial charge < -0.3 is 15.2 Å². The van der Waals surface area contributed by atoms with E-state index in [1.165, 1.54) is 13.2 Å². The zero-order chi connectivity index (χ0) is 13.5. The van der Waals surface area contributed by atoms with Crippen LogP contribution >= 0.6 is 0 Å². The van der Waals surface area contributed by atoms with Crippen LogP contribution in [0, 0.1) is 0 Å². The van der Waals surface area contributed by atoms with Gasteiger partial charge in [-0.3, -0.25) is 4.79 Å². The molecule has 1 unspecified atom stereocenters. The normalized spacial score (nSPS) is 11.7. The molecule has 0 fully saturated rings. The number of amides is 1. The minimum Gasteiger partial charge on any atom is -0.465 e. The van der Waals surface area contributed by atoms with Gasteiger partial charge in [0.25, 0.3) is 5.91 Å². The zero-order valence-corrected chi connectivity index (χ0v) is 10.5. The van der Waals surface area contributed by atoms with Crippen LogP contribution in [0.4, 0.5) is 0 Å². The lowest BCUT2D eigenvalue weighted by atomic mass is 10.1. The molecule has 1 rings (SSSR count). The van der Waals surface area contributed by atoms with Gasteiger partial charge in [0.15, 0.2) is 0 Å². The van der Waals surface area contributed by atoms with Crippen molar-refractivity contribution < 1.29 is 19.4 Å². The van der Waals surface area contributed by atoms with Gasteiger partial charge in [0, 0.05) is 5.56 Å². The minimum absolute atomic E-state index is 0.112. The lowest BCUT2D eigenvalue weighted by molar-refractivity contribution is 0.0600. The van der Waals surface area contributed by atoms with Gasteiger partial charge in [0.1, 0.15) is 0 Å². The Hall–Kier alpha value is -1.88. The molecule has 0 aliphatic heterocycles. The number of ether oxygens (including phenoxy) is 1. The van der Waals surface area contributed by atoms with E-state index in [-0.39, 0.29) is 18.6 Å². The summed E-state index contributed by atoms with van der Waals surface area (Å²) < 4.78 is 4.58. The number of esters is 1. The molecule has 1 amide bonds. The number of carbonyl (C=O) groups is 2. The van der Waals surface area contributed by atoms with E-state index in [1.54, 1.807) is 18.2 Å². The van der Waals surface area contributed by atoms with Crippen LogP contribution in [0.2, 0.25) is 0 Å². The van der Waals surface area contributed by atoms with E-state index < -0.39 is 5.97 Å². The van der Waals surface area contributed by atoms with Crippen LogP contribution in [0.5, 0.6) is 0 Å². The van der Waals surface area contributed by atoms with Crippen LogP contribution in [-0.2, 0) is 4.74 Å². The second-order valence-electron chi connectivity index (χ2n) is 3.83. The average molecular weight is 251 g/mol. The van der Waals surface area contributed by atoms with Crippen molar-refractivity contribution in [3.05, 3.63) is 35.4 Å². The summed E-state index contributed by atoms with van der Waals surface area (Å²) in [5.74, 6) is -0.805. The lowest BCUT2D eigenvalue weighted by Gasteiger charge is -2.14. The summed E-state index contributed by atoms with van der Waals surface area (Å²) in [5, 5.41) is 11.7. The molecule has 1 aromatic rings. The molecule has 0 aliphatic carbocycles. The summed E-state index contributed by atoms with van der Waals surface area (Å²) in [4.78, 5) is 23.2. The summed E-state index contributed by atoms with van der Waals surface area (Å²) in [6.45, 7) is 1.75. The molecule has 0 aliphatic rings. The SMILES string of the molecule is CCC(CO)NC(=O)c1cccc(C(=O)OC)c1. The van der Waals surface area contributed by atoms with Crippen molar-refractivity contribution in [1.29, 1.82) is 0 Å². The Morgan fingerprint density at radius 3 is 2.61 bits per heavy atom. The summed E-state index contributed by atoms with van der Waals surface area (Å²) >= 11 is 0. The van der Waals surface area contributed by atoms with Crippen LogP contribution in [0.25, 0.3) is 0 Å². The van der Waals surface area contributed by atoms with Gasteiger partial charge in [-0.05, 0) is 24.6 Å². The Labute approximate surface area is 106 Å². The van der Waals surface area contributed by atoms with Crippen LogP contribution in [0.3, 0.4) is 0 Å².